The average molecular weight is 578 g/mol. The summed E-state index contributed by atoms with van der Waals surface area (Å²) in [5, 5.41) is 7.34. The molecule has 0 unspecified atom stereocenters. The maximum atomic E-state index is 13.8. The Bertz CT molecular complexity index is 1820. The number of rotatable bonds is 8. The first-order valence-corrected chi connectivity index (χ1v) is 13.7. The molecule has 5 aromatic rings. The van der Waals surface area contributed by atoms with E-state index in [9.17, 15) is 18.4 Å². The quantitative estimate of drug-likeness (QED) is 0.235. The number of aromatic nitrogens is 3. The Hall–Kier alpha value is -4.58. The highest BCUT2D eigenvalue weighted by Crippen LogP contribution is 2.43. The lowest BCUT2D eigenvalue weighted by atomic mass is 10.0. The van der Waals surface area contributed by atoms with Gasteiger partial charge in [0.2, 0.25) is 0 Å². The second-order valence-electron chi connectivity index (χ2n) is 9.84. The molecule has 4 aromatic heterocycles. The van der Waals surface area contributed by atoms with Gasteiger partial charge < -0.3 is 20.2 Å². The van der Waals surface area contributed by atoms with E-state index < -0.39 is 23.9 Å². The van der Waals surface area contributed by atoms with Gasteiger partial charge in [-0.1, -0.05) is 6.07 Å². The number of hydrogen-bond acceptors (Lipinski definition) is 7. The molecule has 1 aliphatic rings. The van der Waals surface area contributed by atoms with Crippen LogP contribution in [-0.4, -0.2) is 26.6 Å². The van der Waals surface area contributed by atoms with Crippen molar-refractivity contribution in [2.75, 3.05) is 5.32 Å². The first-order valence-electron chi connectivity index (χ1n) is 12.9. The van der Waals surface area contributed by atoms with Gasteiger partial charge in [0, 0.05) is 24.2 Å². The maximum absolute atomic E-state index is 13.8. The molecule has 0 spiro atoms. The number of pyridine rings is 1. The Morgan fingerprint density at radius 2 is 1.98 bits per heavy atom. The molecule has 6 rings (SSSR count). The monoisotopic (exact) mass is 577 g/mol. The van der Waals surface area contributed by atoms with Crippen molar-refractivity contribution in [3.63, 3.8) is 0 Å². The number of nitrogens with two attached hydrogens (primary N) is 1. The second kappa shape index (κ2) is 10.4. The van der Waals surface area contributed by atoms with E-state index in [1.54, 1.807) is 30.9 Å². The minimum Gasteiger partial charge on any atom is -0.486 e. The summed E-state index contributed by atoms with van der Waals surface area (Å²) < 4.78 is 40.7. The zero-order chi connectivity index (χ0) is 28.8. The number of fused-ring (bicyclic) bond motifs is 2. The van der Waals surface area contributed by atoms with Crippen LogP contribution >= 0.6 is 11.3 Å². The third kappa shape index (κ3) is 5.06. The van der Waals surface area contributed by atoms with Gasteiger partial charge in [0.25, 0.3) is 18.2 Å². The molecule has 0 atom stereocenters. The standard InChI is InChI=1S/C29H25F2N5O4S/c1-14-20(12-36(2)35-14)19-11-21(26(30)31)33-29-23(19)24(25(41-29)27(32)37)34-28(38)22-9-8-18(40-22)13-39-17-7-6-15-4-3-5-16(15)10-17/h6-12,26H,3-5,13H2,1-2H3,(H2,32,37)(H,34,38). The van der Waals surface area contributed by atoms with Gasteiger partial charge in [0.1, 0.15) is 33.5 Å². The fraction of sp³-hybridized carbons (Fsp3) is 0.241. The molecule has 4 heterocycles. The Kier molecular flexibility index (Phi) is 6.78. The number of nitrogens with zero attached hydrogens (tertiary/aromatic N) is 3. The van der Waals surface area contributed by atoms with E-state index in [1.165, 1.54) is 23.3 Å². The van der Waals surface area contributed by atoms with Crippen molar-refractivity contribution in [3.8, 4) is 16.9 Å². The molecule has 1 aromatic carbocycles. The summed E-state index contributed by atoms with van der Waals surface area (Å²) in [4.78, 5) is 29.8. The van der Waals surface area contributed by atoms with Crippen molar-refractivity contribution < 1.29 is 27.5 Å². The zero-order valence-corrected chi connectivity index (χ0v) is 23.0. The Balaban J connectivity index is 1.31. The number of aryl methyl sites for hydroxylation is 4. The smallest absolute Gasteiger partial charge is 0.291 e. The van der Waals surface area contributed by atoms with Crippen LogP contribution in [0.15, 0.2) is 47.0 Å². The minimum absolute atomic E-state index is 0.0245. The van der Waals surface area contributed by atoms with E-state index in [4.69, 9.17) is 14.9 Å². The summed E-state index contributed by atoms with van der Waals surface area (Å²) in [6.07, 6.45) is 2.07. The highest BCUT2D eigenvalue weighted by Gasteiger charge is 2.27. The van der Waals surface area contributed by atoms with E-state index in [-0.39, 0.29) is 27.8 Å². The van der Waals surface area contributed by atoms with Gasteiger partial charge in [-0.25, -0.2) is 13.8 Å². The molecule has 41 heavy (non-hydrogen) atoms. The van der Waals surface area contributed by atoms with Crippen molar-refractivity contribution in [3.05, 3.63) is 81.5 Å². The van der Waals surface area contributed by atoms with Crippen LogP contribution in [0, 0.1) is 6.92 Å². The Labute approximate surface area is 236 Å². The maximum Gasteiger partial charge on any atom is 0.291 e. The molecule has 210 valence electrons. The highest BCUT2D eigenvalue weighted by molar-refractivity contribution is 7.21. The largest absolute Gasteiger partial charge is 0.486 e. The first kappa shape index (κ1) is 26.6. The van der Waals surface area contributed by atoms with Crippen molar-refractivity contribution in [2.24, 2.45) is 12.8 Å². The fourth-order valence-corrected chi connectivity index (χ4v) is 6.16. The number of nitrogens with one attached hydrogen (secondary N) is 1. The molecular formula is C29H25F2N5O4S. The molecule has 12 heteroatoms. The van der Waals surface area contributed by atoms with E-state index in [0.717, 1.165) is 36.3 Å². The number of carbonyl (C=O) groups is 2. The molecular weight excluding hydrogens is 552 g/mol. The Morgan fingerprint density at radius 3 is 2.71 bits per heavy atom. The molecule has 0 bridgehead atoms. The molecule has 1 aliphatic carbocycles. The van der Waals surface area contributed by atoms with E-state index in [1.807, 2.05) is 12.1 Å². The topological polar surface area (TPSA) is 125 Å². The van der Waals surface area contributed by atoms with Gasteiger partial charge in [-0.2, -0.15) is 5.10 Å². The first-order chi connectivity index (χ1) is 19.7. The molecule has 0 aliphatic heterocycles. The summed E-state index contributed by atoms with van der Waals surface area (Å²) >= 11 is 0.830. The molecule has 0 fully saturated rings. The number of halogens is 2. The lowest BCUT2D eigenvalue weighted by Crippen LogP contribution is -2.16. The van der Waals surface area contributed by atoms with E-state index in [2.05, 4.69) is 21.5 Å². The van der Waals surface area contributed by atoms with Crippen molar-refractivity contribution in [1.82, 2.24) is 14.8 Å². The Morgan fingerprint density at radius 1 is 1.17 bits per heavy atom. The number of thiophene rings is 1. The van der Waals surface area contributed by atoms with Crippen molar-refractivity contribution >= 4 is 39.1 Å². The second-order valence-corrected chi connectivity index (χ2v) is 10.8. The predicted molar refractivity (Wildman–Crippen MR) is 149 cm³/mol. The lowest BCUT2D eigenvalue weighted by Gasteiger charge is -2.10. The molecule has 0 saturated heterocycles. The number of carbonyl (C=O) groups excluding carboxylic acids is 2. The van der Waals surface area contributed by atoms with Crippen LogP contribution in [0.2, 0.25) is 0 Å². The third-order valence-corrected chi connectivity index (χ3v) is 8.11. The van der Waals surface area contributed by atoms with Gasteiger partial charge in [-0.05, 0) is 73.2 Å². The number of primary amides is 1. The summed E-state index contributed by atoms with van der Waals surface area (Å²) in [6.45, 7) is 1.85. The molecule has 0 radical (unpaired) electrons. The summed E-state index contributed by atoms with van der Waals surface area (Å²) in [5.41, 5.74) is 9.33. The normalized spacial score (nSPS) is 12.7. The fourth-order valence-electron chi connectivity index (χ4n) is 5.14. The number of furan rings is 1. The van der Waals surface area contributed by atoms with Crippen LogP contribution < -0.4 is 15.8 Å². The van der Waals surface area contributed by atoms with Crippen LogP contribution in [0.4, 0.5) is 14.5 Å². The van der Waals surface area contributed by atoms with Crippen LogP contribution in [0.5, 0.6) is 5.75 Å². The van der Waals surface area contributed by atoms with Crippen molar-refractivity contribution in [2.45, 2.75) is 39.2 Å². The van der Waals surface area contributed by atoms with Gasteiger partial charge >= 0.3 is 0 Å². The summed E-state index contributed by atoms with van der Waals surface area (Å²) in [5.74, 6) is -0.362. The molecule has 9 nitrogen and oxygen atoms in total. The van der Waals surface area contributed by atoms with Gasteiger partial charge in [-0.15, -0.1) is 11.3 Å². The summed E-state index contributed by atoms with van der Waals surface area (Å²) in [7, 11) is 1.70. The average Bonchev–Trinajstić information content (AvgIpc) is 3.72. The minimum atomic E-state index is -2.85. The predicted octanol–water partition coefficient (Wildman–Crippen LogP) is 5.95. The molecule has 2 amide bonds. The van der Waals surface area contributed by atoms with Crippen LogP contribution in [0.25, 0.3) is 21.3 Å². The third-order valence-electron chi connectivity index (χ3n) is 7.01. The number of alkyl halides is 2. The number of ether oxygens (including phenoxy) is 1. The number of hydrogen-bond donors (Lipinski definition) is 2. The SMILES string of the molecule is Cc1nn(C)cc1-c1cc(C(F)F)nc2sc(C(N)=O)c(NC(=O)c3ccc(COc4ccc5c(c4)CCC5)o3)c12. The van der Waals surface area contributed by atoms with Crippen LogP contribution in [0.1, 0.15) is 61.3 Å². The zero-order valence-electron chi connectivity index (χ0n) is 22.2. The number of benzene rings is 1. The van der Waals surface area contributed by atoms with Gasteiger partial charge in [0.15, 0.2) is 5.76 Å². The van der Waals surface area contributed by atoms with E-state index in [0.29, 0.717) is 28.0 Å². The van der Waals surface area contributed by atoms with Crippen molar-refractivity contribution in [1.29, 1.82) is 0 Å². The van der Waals surface area contributed by atoms with Crippen LogP contribution in [-0.2, 0) is 26.5 Å². The molecule has 3 N–H and O–H groups in total. The highest BCUT2D eigenvalue weighted by atomic mass is 32.1. The number of amides is 2. The van der Waals surface area contributed by atoms with Crippen LogP contribution in [0.3, 0.4) is 0 Å². The summed E-state index contributed by atoms with van der Waals surface area (Å²) in [6, 6.07) is 10.4. The van der Waals surface area contributed by atoms with Gasteiger partial charge in [-0.3, -0.25) is 14.3 Å². The molecule has 0 saturated carbocycles. The van der Waals surface area contributed by atoms with Gasteiger partial charge in [0.05, 0.1) is 11.4 Å². The lowest BCUT2D eigenvalue weighted by molar-refractivity contribution is 0.0992. The van der Waals surface area contributed by atoms with E-state index >= 15 is 0 Å². The number of anilines is 1.